The number of piperidine rings is 1. The van der Waals surface area contributed by atoms with Crippen LogP contribution in [0.15, 0.2) is 77.3 Å². The van der Waals surface area contributed by atoms with Gasteiger partial charge in [0, 0.05) is 29.2 Å². The van der Waals surface area contributed by atoms with E-state index in [1.807, 2.05) is 12.1 Å². The molecular weight excluding hydrogens is 456 g/mol. The number of nitrogens with zero attached hydrogens (tertiary/aromatic N) is 1. The number of phenols is 2. The van der Waals surface area contributed by atoms with E-state index in [9.17, 15) is 15.0 Å². The molecule has 5 rings (SSSR count). The first-order valence-electron chi connectivity index (χ1n) is 12.1. The van der Waals surface area contributed by atoms with Gasteiger partial charge in [-0.05, 0) is 99.1 Å². The summed E-state index contributed by atoms with van der Waals surface area (Å²) in [5.74, 6) is 1.45. The van der Waals surface area contributed by atoms with E-state index in [4.69, 9.17) is 9.26 Å². The van der Waals surface area contributed by atoms with Gasteiger partial charge in [-0.3, -0.25) is 4.79 Å². The minimum absolute atomic E-state index is 0.0691. The summed E-state index contributed by atoms with van der Waals surface area (Å²) in [5, 5.41) is 27.0. The number of carbonyl (C=O) groups is 1. The minimum atomic E-state index is -0.251. The third-order valence-corrected chi connectivity index (χ3v) is 6.63. The first-order valence-corrected chi connectivity index (χ1v) is 12.1. The zero-order valence-corrected chi connectivity index (χ0v) is 20.0. The molecule has 36 heavy (non-hydrogen) atoms. The molecule has 0 saturated carbocycles. The van der Waals surface area contributed by atoms with Crippen molar-refractivity contribution in [3.05, 3.63) is 83.9 Å². The van der Waals surface area contributed by atoms with Gasteiger partial charge in [-0.1, -0.05) is 5.16 Å². The van der Waals surface area contributed by atoms with Crippen LogP contribution >= 0.6 is 0 Å². The van der Waals surface area contributed by atoms with E-state index in [2.05, 4.69) is 17.4 Å². The Bertz CT molecular complexity index is 1260. The van der Waals surface area contributed by atoms with E-state index in [1.165, 1.54) is 24.3 Å². The van der Waals surface area contributed by atoms with Gasteiger partial charge in [0.05, 0.1) is 11.7 Å². The molecule has 1 saturated heterocycles. The van der Waals surface area contributed by atoms with Crippen LogP contribution in [0.3, 0.4) is 0 Å². The van der Waals surface area contributed by atoms with Crippen LogP contribution in [-0.4, -0.2) is 40.3 Å². The molecule has 1 aliphatic rings. The number of benzene rings is 3. The molecule has 0 aliphatic carbocycles. The smallest absolute Gasteiger partial charge is 0.199 e. The van der Waals surface area contributed by atoms with Crippen LogP contribution in [0.25, 0.3) is 22.6 Å². The molecular formula is C29H28N2O5. The summed E-state index contributed by atoms with van der Waals surface area (Å²) < 4.78 is 11.8. The molecule has 184 valence electrons. The fourth-order valence-electron chi connectivity index (χ4n) is 4.55. The number of rotatable bonds is 7. The van der Waals surface area contributed by atoms with Crippen LogP contribution < -0.4 is 10.1 Å². The molecule has 4 aromatic rings. The highest BCUT2D eigenvalue weighted by Crippen LogP contribution is 2.35. The molecule has 0 radical (unpaired) electrons. The largest absolute Gasteiger partial charge is 0.508 e. The lowest BCUT2D eigenvalue weighted by Gasteiger charge is -2.28. The summed E-state index contributed by atoms with van der Waals surface area (Å²) in [6.45, 7) is 4.09. The van der Waals surface area contributed by atoms with Crippen molar-refractivity contribution in [3.63, 3.8) is 0 Å². The molecule has 3 aromatic carbocycles. The predicted molar refractivity (Wildman–Crippen MR) is 136 cm³/mol. The molecule has 2 unspecified atom stereocenters. The van der Waals surface area contributed by atoms with E-state index >= 15 is 0 Å². The highest BCUT2D eigenvalue weighted by atomic mass is 16.5. The topological polar surface area (TPSA) is 105 Å². The number of ether oxygens (including phenoxy) is 1. The third-order valence-electron chi connectivity index (χ3n) is 6.63. The maximum Gasteiger partial charge on any atom is 0.199 e. The molecule has 7 nitrogen and oxygen atoms in total. The number of hydrogen-bond acceptors (Lipinski definition) is 7. The summed E-state index contributed by atoms with van der Waals surface area (Å²) in [5.41, 5.74) is 2.41. The van der Waals surface area contributed by atoms with E-state index in [1.54, 1.807) is 36.4 Å². The van der Waals surface area contributed by atoms with Crippen LogP contribution in [-0.2, 0) is 0 Å². The Labute approximate surface area is 209 Å². The highest BCUT2D eigenvalue weighted by Gasteiger charge is 2.27. The summed E-state index contributed by atoms with van der Waals surface area (Å²) in [6.07, 6.45) is 2.36. The second kappa shape index (κ2) is 10.3. The standard InChI is InChI=1S/C29H28N2O5/c1-18(22-3-2-16-30-17-22)35-25-14-8-20(9-15-25)28(34)26-27(19-4-10-23(32)11-5-19)31-36-29(26)21-6-12-24(33)13-7-21/h4-15,18,22,30,32-33H,2-3,16-17H2,1H3. The number of aromatic hydroxyl groups is 2. The molecule has 1 aliphatic heterocycles. The van der Waals surface area contributed by atoms with Gasteiger partial charge in [-0.2, -0.15) is 0 Å². The quantitative estimate of drug-likeness (QED) is 0.301. The Kier molecular flexibility index (Phi) is 6.73. The van der Waals surface area contributed by atoms with Crippen LogP contribution in [0.5, 0.6) is 17.2 Å². The van der Waals surface area contributed by atoms with Gasteiger partial charge in [0.2, 0.25) is 0 Å². The van der Waals surface area contributed by atoms with Gasteiger partial charge in [-0.15, -0.1) is 0 Å². The first kappa shape index (κ1) is 23.6. The normalized spacial score (nSPS) is 16.4. The summed E-state index contributed by atoms with van der Waals surface area (Å²) in [7, 11) is 0. The lowest BCUT2D eigenvalue weighted by atomic mass is 9.94. The van der Waals surface area contributed by atoms with Crippen molar-refractivity contribution in [2.24, 2.45) is 5.92 Å². The molecule has 0 spiro atoms. The maximum atomic E-state index is 13.8. The number of carbonyl (C=O) groups excluding carboxylic acids is 1. The van der Waals surface area contributed by atoms with Crippen LogP contribution in [0.2, 0.25) is 0 Å². The molecule has 0 amide bonds. The van der Waals surface area contributed by atoms with E-state index in [0.717, 1.165) is 25.9 Å². The van der Waals surface area contributed by atoms with Crippen LogP contribution in [0.4, 0.5) is 0 Å². The van der Waals surface area contributed by atoms with E-state index < -0.39 is 0 Å². The molecule has 1 fully saturated rings. The molecule has 7 heteroatoms. The molecule has 1 aromatic heterocycles. The van der Waals surface area contributed by atoms with Crippen molar-refractivity contribution in [1.82, 2.24) is 10.5 Å². The minimum Gasteiger partial charge on any atom is -0.508 e. The first-order chi connectivity index (χ1) is 17.5. The maximum absolute atomic E-state index is 13.8. The Hall–Kier alpha value is -4.10. The van der Waals surface area contributed by atoms with Crippen molar-refractivity contribution in [3.8, 4) is 39.8 Å². The van der Waals surface area contributed by atoms with Crippen molar-refractivity contribution in [1.29, 1.82) is 0 Å². The van der Waals surface area contributed by atoms with Crippen LogP contribution in [0.1, 0.15) is 35.7 Å². The Balaban J connectivity index is 1.46. The second-order valence-corrected chi connectivity index (χ2v) is 9.11. The monoisotopic (exact) mass is 484 g/mol. The van der Waals surface area contributed by atoms with Crippen molar-refractivity contribution in [2.75, 3.05) is 13.1 Å². The fourth-order valence-corrected chi connectivity index (χ4v) is 4.55. The number of ketones is 1. The Morgan fingerprint density at radius 2 is 1.61 bits per heavy atom. The van der Waals surface area contributed by atoms with Crippen molar-refractivity contribution >= 4 is 5.78 Å². The SMILES string of the molecule is CC(Oc1ccc(C(=O)c2c(-c3ccc(O)cc3)noc2-c2ccc(O)cc2)cc1)C1CCCNC1. The third kappa shape index (κ3) is 4.97. The van der Waals surface area contributed by atoms with Crippen molar-refractivity contribution in [2.45, 2.75) is 25.9 Å². The van der Waals surface area contributed by atoms with E-state index in [-0.39, 0.29) is 23.4 Å². The average molecular weight is 485 g/mol. The molecule has 2 heterocycles. The van der Waals surface area contributed by atoms with Gasteiger partial charge in [0.15, 0.2) is 11.5 Å². The molecule has 0 bridgehead atoms. The molecule has 3 N–H and O–H groups in total. The number of phenolic OH excluding ortho intramolecular Hbond substituents is 2. The molecule has 2 atom stereocenters. The number of aromatic nitrogens is 1. The average Bonchev–Trinajstić information content (AvgIpc) is 3.35. The zero-order chi connectivity index (χ0) is 25.1. The fraction of sp³-hybridized carbons (Fsp3) is 0.241. The number of hydrogen-bond donors (Lipinski definition) is 3. The lowest BCUT2D eigenvalue weighted by molar-refractivity contribution is 0.103. The Morgan fingerprint density at radius 3 is 2.22 bits per heavy atom. The highest BCUT2D eigenvalue weighted by molar-refractivity contribution is 6.15. The van der Waals surface area contributed by atoms with Crippen LogP contribution in [0, 0.1) is 5.92 Å². The summed E-state index contributed by atoms with van der Waals surface area (Å²) >= 11 is 0. The zero-order valence-electron chi connectivity index (χ0n) is 20.0. The van der Waals surface area contributed by atoms with Gasteiger partial charge in [0.1, 0.15) is 22.9 Å². The second-order valence-electron chi connectivity index (χ2n) is 9.11. The van der Waals surface area contributed by atoms with Crippen molar-refractivity contribution < 1.29 is 24.3 Å². The van der Waals surface area contributed by atoms with Gasteiger partial charge in [-0.25, -0.2) is 0 Å². The predicted octanol–water partition coefficient (Wildman–Crippen LogP) is 5.42. The van der Waals surface area contributed by atoms with Gasteiger partial charge < -0.3 is 24.8 Å². The number of nitrogens with one attached hydrogen (secondary N) is 1. The summed E-state index contributed by atoms with van der Waals surface area (Å²) in [4.78, 5) is 13.8. The van der Waals surface area contributed by atoms with Gasteiger partial charge >= 0.3 is 0 Å². The Morgan fingerprint density at radius 1 is 0.972 bits per heavy atom. The van der Waals surface area contributed by atoms with E-state index in [0.29, 0.717) is 45.4 Å². The summed E-state index contributed by atoms with van der Waals surface area (Å²) in [6, 6.07) is 20.0. The lowest BCUT2D eigenvalue weighted by Crippen LogP contribution is -2.37. The van der Waals surface area contributed by atoms with Gasteiger partial charge in [0.25, 0.3) is 0 Å².